The number of esters is 2. The zero-order valence-corrected chi connectivity index (χ0v) is 34.4. The molecule has 2 aromatic carbocycles. The zero-order chi connectivity index (χ0) is 39.5. The number of carbonyl (C=O) groups excluding carboxylic acids is 2. The molecular formula is C46H68N2O8. The molecule has 4 aromatic rings. The van der Waals surface area contributed by atoms with Gasteiger partial charge in [0.2, 0.25) is 0 Å². The summed E-state index contributed by atoms with van der Waals surface area (Å²) in [6.45, 7) is 5.83. The van der Waals surface area contributed by atoms with Crippen LogP contribution in [-0.4, -0.2) is 35.1 Å². The van der Waals surface area contributed by atoms with Gasteiger partial charge >= 0.3 is 24.1 Å². The van der Waals surface area contributed by atoms with Crippen molar-refractivity contribution in [2.75, 3.05) is 13.2 Å². The lowest BCUT2D eigenvalue weighted by atomic mass is 10.1. The first-order valence-electron chi connectivity index (χ1n) is 22.0. The quantitative estimate of drug-likeness (QED) is 0.0341. The Morgan fingerprint density at radius 3 is 1.18 bits per heavy atom. The summed E-state index contributed by atoms with van der Waals surface area (Å²) in [5.74, 6) is 0.622. The maximum Gasteiger partial charge on any atom is 0.402 e. The molecule has 310 valence electrons. The van der Waals surface area contributed by atoms with Crippen molar-refractivity contribution in [3.63, 3.8) is 0 Å². The van der Waals surface area contributed by atoms with Crippen molar-refractivity contribution in [3.8, 4) is 23.7 Å². The van der Waals surface area contributed by atoms with Gasteiger partial charge in [-0.2, -0.15) is 9.97 Å². The van der Waals surface area contributed by atoms with Gasteiger partial charge in [-0.05, 0) is 49.9 Å². The molecule has 0 amide bonds. The summed E-state index contributed by atoms with van der Waals surface area (Å²) in [7, 11) is 0. The van der Waals surface area contributed by atoms with Crippen molar-refractivity contribution in [1.29, 1.82) is 0 Å². The lowest BCUT2D eigenvalue weighted by Crippen LogP contribution is -2.08. The molecule has 56 heavy (non-hydrogen) atoms. The van der Waals surface area contributed by atoms with E-state index in [1.165, 1.54) is 116 Å². The minimum Gasteiger partial charge on any atom is -0.493 e. The second-order valence-corrected chi connectivity index (χ2v) is 15.1. The summed E-state index contributed by atoms with van der Waals surface area (Å²) >= 11 is 0. The number of carbonyl (C=O) groups is 2. The van der Waals surface area contributed by atoms with E-state index in [-0.39, 0.29) is 25.0 Å². The minimum atomic E-state index is -0.406. The molecule has 0 bridgehead atoms. The van der Waals surface area contributed by atoms with E-state index >= 15 is 0 Å². The number of oxazole rings is 2. The Morgan fingerprint density at radius 2 is 0.804 bits per heavy atom. The first-order chi connectivity index (χ1) is 27.5. The van der Waals surface area contributed by atoms with Crippen LogP contribution < -0.4 is 18.9 Å². The van der Waals surface area contributed by atoms with Crippen molar-refractivity contribution in [1.82, 2.24) is 9.97 Å². The van der Waals surface area contributed by atoms with Gasteiger partial charge in [-0.15, -0.1) is 0 Å². The Labute approximate surface area is 334 Å². The van der Waals surface area contributed by atoms with Gasteiger partial charge in [-0.1, -0.05) is 142 Å². The van der Waals surface area contributed by atoms with Crippen molar-refractivity contribution >= 4 is 34.1 Å². The van der Waals surface area contributed by atoms with E-state index in [2.05, 4.69) is 23.8 Å². The number of hydrogen-bond donors (Lipinski definition) is 0. The van der Waals surface area contributed by atoms with Crippen molar-refractivity contribution in [3.05, 3.63) is 36.4 Å². The number of rotatable bonds is 33. The topological polar surface area (TPSA) is 123 Å². The first-order valence-corrected chi connectivity index (χ1v) is 22.0. The van der Waals surface area contributed by atoms with E-state index in [9.17, 15) is 9.59 Å². The highest BCUT2D eigenvalue weighted by Gasteiger charge is 2.15. The second-order valence-electron chi connectivity index (χ2n) is 15.1. The van der Waals surface area contributed by atoms with Crippen molar-refractivity contribution in [2.24, 2.45) is 0 Å². The molecule has 0 saturated carbocycles. The van der Waals surface area contributed by atoms with Gasteiger partial charge in [-0.3, -0.25) is 9.59 Å². The standard InChI is InChI=1S/C46H68N2O8/c1-3-5-7-9-11-13-15-17-21-25-33-51-37-29-31-39-41(35-37)53-45(47-39)55-43(49)27-23-19-20-24-28-44(50)56-46-48-40-32-30-38(36-42(40)54-46)52-34-26-22-18-16-14-12-10-8-6-4-2/h29-32,35-36H,3-28,33-34H2,1-2H3. The van der Waals surface area contributed by atoms with Crippen LogP contribution in [0.15, 0.2) is 45.2 Å². The third-order valence-electron chi connectivity index (χ3n) is 10.1. The molecule has 0 aliphatic carbocycles. The predicted molar refractivity (Wildman–Crippen MR) is 222 cm³/mol. The maximum absolute atomic E-state index is 12.4. The molecule has 2 aromatic heterocycles. The molecular weight excluding hydrogens is 709 g/mol. The fourth-order valence-electron chi connectivity index (χ4n) is 6.78. The van der Waals surface area contributed by atoms with Crippen molar-refractivity contribution < 1.29 is 37.4 Å². The largest absolute Gasteiger partial charge is 0.493 e. The lowest BCUT2D eigenvalue weighted by Gasteiger charge is -2.06. The number of ether oxygens (including phenoxy) is 4. The smallest absolute Gasteiger partial charge is 0.402 e. The third kappa shape index (κ3) is 18.2. The molecule has 10 heteroatoms. The fourth-order valence-corrected chi connectivity index (χ4v) is 6.78. The summed E-state index contributed by atoms with van der Waals surface area (Å²) in [6.07, 6.45) is 28.8. The second kappa shape index (κ2) is 27.5. The minimum absolute atomic E-state index is 0.0631. The van der Waals surface area contributed by atoms with Crippen LogP contribution in [0.5, 0.6) is 23.7 Å². The summed E-state index contributed by atoms with van der Waals surface area (Å²) in [5.41, 5.74) is 2.26. The molecule has 0 saturated heterocycles. The average Bonchev–Trinajstić information content (AvgIpc) is 3.79. The highest BCUT2D eigenvalue weighted by Crippen LogP contribution is 2.27. The van der Waals surface area contributed by atoms with E-state index in [1.54, 1.807) is 12.1 Å². The summed E-state index contributed by atoms with van der Waals surface area (Å²) in [5, 5.41) is 0. The van der Waals surface area contributed by atoms with Crippen LogP contribution in [0.3, 0.4) is 0 Å². The molecule has 10 nitrogen and oxygen atoms in total. The Bertz CT molecular complexity index is 1540. The van der Waals surface area contributed by atoms with E-state index in [0.29, 0.717) is 59.8 Å². The van der Waals surface area contributed by atoms with Gasteiger partial charge in [-0.25, -0.2) is 0 Å². The van der Waals surface area contributed by atoms with Crippen LogP contribution in [-0.2, 0) is 9.59 Å². The summed E-state index contributed by atoms with van der Waals surface area (Å²) in [6, 6.07) is 10.9. The van der Waals surface area contributed by atoms with Crippen LogP contribution in [0.4, 0.5) is 0 Å². The van der Waals surface area contributed by atoms with Gasteiger partial charge in [0.1, 0.15) is 22.5 Å². The SMILES string of the molecule is CCCCCCCCCCCCOc1ccc2nc(OC(=O)CCCCCCC(=O)Oc3nc4ccc(OCCCCCCCCCCCC)cc4o3)oc2c1. The third-order valence-corrected chi connectivity index (χ3v) is 10.1. The van der Waals surface area contributed by atoms with E-state index in [4.69, 9.17) is 27.8 Å². The monoisotopic (exact) mass is 776 g/mol. The van der Waals surface area contributed by atoms with Crippen LogP contribution in [0.2, 0.25) is 0 Å². The Hall–Kier alpha value is -4.08. The van der Waals surface area contributed by atoms with E-state index in [0.717, 1.165) is 25.7 Å². The van der Waals surface area contributed by atoms with E-state index in [1.807, 2.05) is 24.3 Å². The molecule has 0 atom stereocenters. The van der Waals surface area contributed by atoms with Gasteiger partial charge in [0.25, 0.3) is 0 Å². The molecule has 0 unspecified atom stereocenters. The first kappa shape index (κ1) is 44.6. The maximum atomic E-state index is 12.4. The van der Waals surface area contributed by atoms with Crippen LogP contribution in [0, 0.1) is 0 Å². The number of nitrogens with zero attached hydrogens (tertiary/aromatic N) is 2. The molecule has 0 spiro atoms. The number of benzene rings is 2. The van der Waals surface area contributed by atoms with Crippen molar-refractivity contribution in [2.45, 2.75) is 181 Å². The van der Waals surface area contributed by atoms with Crippen LogP contribution >= 0.6 is 0 Å². The fraction of sp³-hybridized carbons (Fsp3) is 0.652. The number of aromatic nitrogens is 2. The predicted octanol–water partition coefficient (Wildman–Crippen LogP) is 13.4. The number of fused-ring (bicyclic) bond motifs is 2. The van der Waals surface area contributed by atoms with E-state index < -0.39 is 11.9 Å². The molecule has 0 N–H and O–H groups in total. The van der Waals surface area contributed by atoms with Gasteiger partial charge in [0.05, 0.1) is 13.2 Å². The van der Waals surface area contributed by atoms with Crippen LogP contribution in [0.25, 0.3) is 22.2 Å². The Morgan fingerprint density at radius 1 is 0.464 bits per heavy atom. The zero-order valence-electron chi connectivity index (χ0n) is 34.4. The molecule has 0 aliphatic heterocycles. The molecule has 2 heterocycles. The molecule has 0 fully saturated rings. The Kier molecular flexibility index (Phi) is 21.9. The lowest BCUT2D eigenvalue weighted by molar-refractivity contribution is -0.137. The molecule has 4 rings (SSSR count). The summed E-state index contributed by atoms with van der Waals surface area (Å²) in [4.78, 5) is 33.4. The normalized spacial score (nSPS) is 11.4. The van der Waals surface area contributed by atoms with Crippen LogP contribution in [0.1, 0.15) is 181 Å². The van der Waals surface area contributed by atoms with Gasteiger partial charge < -0.3 is 27.8 Å². The Balaban J connectivity index is 1.01. The molecule has 0 aliphatic rings. The highest BCUT2D eigenvalue weighted by molar-refractivity contribution is 5.77. The highest BCUT2D eigenvalue weighted by atomic mass is 16.6. The average molecular weight is 777 g/mol. The van der Waals surface area contributed by atoms with Gasteiger partial charge in [0, 0.05) is 25.0 Å². The number of unbranched alkanes of at least 4 members (excludes halogenated alkanes) is 21. The summed E-state index contributed by atoms with van der Waals surface area (Å²) < 4.78 is 33.9. The van der Waals surface area contributed by atoms with Gasteiger partial charge in [0.15, 0.2) is 11.2 Å². The number of hydrogen-bond acceptors (Lipinski definition) is 10. The molecule has 0 radical (unpaired) electrons.